The number of urea groups is 1. The van der Waals surface area contributed by atoms with Crippen LogP contribution in [0.15, 0.2) is 48.5 Å². The van der Waals surface area contributed by atoms with E-state index >= 15 is 0 Å². The molecule has 1 aliphatic heterocycles. The highest BCUT2D eigenvalue weighted by Gasteiger charge is 2.25. The van der Waals surface area contributed by atoms with E-state index in [0.717, 1.165) is 6.07 Å². The van der Waals surface area contributed by atoms with Crippen LogP contribution in [0, 0.1) is 5.82 Å². The van der Waals surface area contributed by atoms with Gasteiger partial charge in [-0.3, -0.25) is 25.3 Å². The van der Waals surface area contributed by atoms with E-state index in [1.807, 2.05) is 0 Å². The molecule has 2 aromatic carbocycles. The van der Waals surface area contributed by atoms with Crippen molar-refractivity contribution >= 4 is 23.5 Å². The van der Waals surface area contributed by atoms with Crippen LogP contribution >= 0.6 is 0 Å². The maximum absolute atomic E-state index is 14.8. The summed E-state index contributed by atoms with van der Waals surface area (Å²) in [6, 6.07) is 11.9. The molecule has 0 saturated carbocycles. The Morgan fingerprint density at radius 3 is 2.34 bits per heavy atom. The van der Waals surface area contributed by atoms with E-state index in [2.05, 4.69) is 0 Å². The highest BCUT2D eigenvalue weighted by atomic mass is 19.3. The lowest BCUT2D eigenvalue weighted by Crippen LogP contribution is -2.48. The van der Waals surface area contributed by atoms with E-state index < -0.39 is 24.1 Å². The van der Waals surface area contributed by atoms with Crippen LogP contribution in [0.3, 0.4) is 0 Å². The third-order valence-corrected chi connectivity index (χ3v) is 4.72. The van der Waals surface area contributed by atoms with Crippen molar-refractivity contribution in [1.82, 2.24) is 15.8 Å². The summed E-state index contributed by atoms with van der Waals surface area (Å²) < 4.78 is 44.4. The van der Waals surface area contributed by atoms with Gasteiger partial charge in [-0.25, -0.2) is 9.18 Å². The van der Waals surface area contributed by atoms with Crippen molar-refractivity contribution in [2.45, 2.75) is 13.0 Å². The second-order valence-electron chi connectivity index (χ2n) is 6.85. The lowest BCUT2D eigenvalue weighted by Gasteiger charge is -2.33. The number of hydrazine groups is 1. The number of carbonyl (C=O) groups is 3. The van der Waals surface area contributed by atoms with E-state index in [1.54, 1.807) is 40.7 Å². The van der Waals surface area contributed by atoms with Gasteiger partial charge >= 0.3 is 18.4 Å². The molecule has 170 valence electrons. The van der Waals surface area contributed by atoms with Gasteiger partial charge in [0.25, 0.3) is 5.91 Å². The van der Waals surface area contributed by atoms with Crippen LogP contribution in [0.2, 0.25) is 0 Å². The minimum atomic E-state index is -3.30. The molecule has 2 N–H and O–H groups in total. The molecular formula is C21H21F3N4O4. The summed E-state index contributed by atoms with van der Waals surface area (Å²) in [5, 5.41) is 0. The number of carbonyl (C=O) groups excluding carboxylic acids is 3. The maximum atomic E-state index is 14.8. The Balaban J connectivity index is 1.76. The number of hydrogen-bond donors (Lipinski definition) is 2. The Bertz CT molecular complexity index is 969. The van der Waals surface area contributed by atoms with E-state index in [1.165, 1.54) is 22.5 Å². The number of anilines is 1. The van der Waals surface area contributed by atoms with Crippen LogP contribution in [-0.4, -0.2) is 55.5 Å². The molecule has 1 fully saturated rings. The number of morpholine rings is 1. The van der Waals surface area contributed by atoms with Gasteiger partial charge < -0.3 is 9.64 Å². The maximum Gasteiger partial charge on any atom is 0.324 e. The van der Waals surface area contributed by atoms with Gasteiger partial charge in [-0.05, 0) is 24.3 Å². The van der Waals surface area contributed by atoms with E-state index in [9.17, 15) is 27.6 Å². The van der Waals surface area contributed by atoms with Crippen LogP contribution in [-0.2, 0) is 16.1 Å². The average Bonchev–Trinajstić information content (AvgIpc) is 2.82. The van der Waals surface area contributed by atoms with Gasteiger partial charge in [0, 0.05) is 29.9 Å². The lowest BCUT2D eigenvalue weighted by molar-refractivity contribution is -0.132. The molecular weight excluding hydrogens is 429 g/mol. The summed E-state index contributed by atoms with van der Waals surface area (Å²) in [7, 11) is 0. The van der Waals surface area contributed by atoms with Gasteiger partial charge in [-0.2, -0.15) is 8.78 Å². The molecule has 0 aliphatic carbocycles. The van der Waals surface area contributed by atoms with E-state index in [0.29, 0.717) is 32.0 Å². The zero-order valence-corrected chi connectivity index (χ0v) is 16.9. The first-order chi connectivity index (χ1) is 15.4. The zero-order valence-electron chi connectivity index (χ0n) is 16.9. The SMILES string of the molecule is O=C(NNC(=O)C(F)F)c1ccc(CN(C(=O)N2CCOCC2)c2ccccc2)c(F)c1. The molecule has 11 heteroatoms. The number of para-hydroxylation sites is 1. The first-order valence-corrected chi connectivity index (χ1v) is 9.73. The fraction of sp³-hybridized carbons (Fsp3) is 0.286. The zero-order chi connectivity index (χ0) is 23.1. The number of nitrogens with one attached hydrogen (secondary N) is 2. The lowest BCUT2D eigenvalue weighted by atomic mass is 10.1. The van der Waals surface area contributed by atoms with Gasteiger partial charge in [-0.15, -0.1) is 0 Å². The number of halogens is 3. The quantitative estimate of drug-likeness (QED) is 0.684. The molecule has 0 atom stereocenters. The third-order valence-electron chi connectivity index (χ3n) is 4.72. The van der Waals surface area contributed by atoms with Crippen molar-refractivity contribution in [1.29, 1.82) is 0 Å². The minimum Gasteiger partial charge on any atom is -0.378 e. The number of nitrogens with zero attached hydrogens (tertiary/aromatic N) is 2. The number of benzene rings is 2. The molecule has 3 rings (SSSR count). The molecule has 1 saturated heterocycles. The predicted molar refractivity (Wildman–Crippen MR) is 108 cm³/mol. The van der Waals surface area contributed by atoms with Gasteiger partial charge in [0.05, 0.1) is 19.8 Å². The largest absolute Gasteiger partial charge is 0.378 e. The van der Waals surface area contributed by atoms with E-state index in [-0.39, 0.29) is 23.7 Å². The summed E-state index contributed by atoms with van der Waals surface area (Å²) in [4.78, 5) is 39.0. The van der Waals surface area contributed by atoms with Gasteiger partial charge in [0.15, 0.2) is 0 Å². The number of hydrogen-bond acceptors (Lipinski definition) is 4. The van der Waals surface area contributed by atoms with Crippen LogP contribution < -0.4 is 15.8 Å². The number of alkyl halides is 2. The molecule has 8 nitrogen and oxygen atoms in total. The van der Waals surface area contributed by atoms with E-state index in [4.69, 9.17) is 4.74 Å². The fourth-order valence-corrected chi connectivity index (χ4v) is 3.03. The summed E-state index contributed by atoms with van der Waals surface area (Å²) in [5.41, 5.74) is 3.85. The van der Waals surface area contributed by atoms with Crippen molar-refractivity contribution in [3.05, 3.63) is 65.5 Å². The number of rotatable bonds is 5. The Hall–Kier alpha value is -3.60. The molecule has 0 spiro atoms. The van der Waals surface area contributed by atoms with Gasteiger partial charge in [0.2, 0.25) is 0 Å². The molecule has 4 amide bonds. The monoisotopic (exact) mass is 450 g/mol. The first-order valence-electron chi connectivity index (χ1n) is 9.73. The molecule has 1 heterocycles. The Morgan fingerprint density at radius 2 is 1.72 bits per heavy atom. The normalized spacial score (nSPS) is 13.6. The van der Waals surface area contributed by atoms with Crippen LogP contribution in [0.25, 0.3) is 0 Å². The summed E-state index contributed by atoms with van der Waals surface area (Å²) in [6.45, 7) is 1.54. The van der Waals surface area contributed by atoms with Crippen molar-refractivity contribution in [3.8, 4) is 0 Å². The smallest absolute Gasteiger partial charge is 0.324 e. The van der Waals surface area contributed by atoms with Crippen molar-refractivity contribution in [2.75, 3.05) is 31.2 Å². The van der Waals surface area contributed by atoms with Gasteiger partial charge in [-0.1, -0.05) is 24.3 Å². The summed E-state index contributed by atoms with van der Waals surface area (Å²) in [6.07, 6.45) is -3.30. The van der Waals surface area contributed by atoms with Crippen LogP contribution in [0.4, 0.5) is 23.7 Å². The Labute approximate surface area is 181 Å². The van der Waals surface area contributed by atoms with Crippen LogP contribution in [0.5, 0.6) is 0 Å². The number of ether oxygens (including phenoxy) is 1. The molecule has 0 radical (unpaired) electrons. The molecule has 1 aliphatic rings. The van der Waals surface area contributed by atoms with Crippen LogP contribution in [0.1, 0.15) is 15.9 Å². The van der Waals surface area contributed by atoms with Crippen molar-refractivity contribution in [3.63, 3.8) is 0 Å². The fourth-order valence-electron chi connectivity index (χ4n) is 3.03. The van der Waals surface area contributed by atoms with Gasteiger partial charge in [0.1, 0.15) is 5.82 Å². The first kappa shape index (κ1) is 23.1. The number of amides is 4. The summed E-state index contributed by atoms with van der Waals surface area (Å²) >= 11 is 0. The Kier molecular flexibility index (Phi) is 7.66. The minimum absolute atomic E-state index is 0.101. The topological polar surface area (TPSA) is 91.0 Å². The second kappa shape index (κ2) is 10.6. The van der Waals surface area contributed by atoms with Crippen molar-refractivity contribution in [2.24, 2.45) is 0 Å². The molecule has 0 aromatic heterocycles. The average molecular weight is 450 g/mol. The molecule has 32 heavy (non-hydrogen) atoms. The standard InChI is InChI=1S/C21H21F3N4O4/c22-17-12-14(19(29)25-26-20(30)18(23)24)6-7-15(17)13-28(16-4-2-1-3-5-16)21(31)27-8-10-32-11-9-27/h1-7,12,18H,8-11,13H2,(H,25,29)(H,26,30). The predicted octanol–water partition coefficient (Wildman–Crippen LogP) is 2.31. The second-order valence-corrected chi connectivity index (χ2v) is 6.85. The molecule has 0 unspecified atom stereocenters. The van der Waals surface area contributed by atoms with Crippen molar-refractivity contribution < 1.29 is 32.3 Å². The molecule has 0 bridgehead atoms. The third kappa shape index (κ3) is 5.76. The Morgan fingerprint density at radius 1 is 1.03 bits per heavy atom. The highest BCUT2D eigenvalue weighted by Crippen LogP contribution is 2.21. The molecule has 2 aromatic rings. The highest BCUT2D eigenvalue weighted by molar-refractivity contribution is 5.96. The summed E-state index contributed by atoms with van der Waals surface area (Å²) in [5.74, 6) is -3.42.